The summed E-state index contributed by atoms with van der Waals surface area (Å²) in [6.07, 6.45) is 0. The smallest absolute Gasteiger partial charge is 0.234 e. The van der Waals surface area contributed by atoms with E-state index in [0.717, 1.165) is 0 Å². The van der Waals surface area contributed by atoms with Crippen LogP contribution in [0.15, 0.2) is 24.3 Å². The van der Waals surface area contributed by atoms with Gasteiger partial charge in [-0.15, -0.1) is 11.8 Å². The first-order chi connectivity index (χ1) is 7.99. The summed E-state index contributed by atoms with van der Waals surface area (Å²) in [6.45, 7) is 3.26. The number of anilines is 1. The molecule has 0 bridgehead atoms. The van der Waals surface area contributed by atoms with E-state index in [9.17, 15) is 14.0 Å². The third-order valence-electron chi connectivity index (χ3n) is 2.16. The van der Waals surface area contributed by atoms with Crippen LogP contribution in [0.4, 0.5) is 10.1 Å². The van der Waals surface area contributed by atoms with Crippen LogP contribution in [-0.2, 0) is 9.59 Å². The van der Waals surface area contributed by atoms with Gasteiger partial charge in [-0.1, -0.05) is 0 Å². The maximum Gasteiger partial charge on any atom is 0.234 e. The number of carbonyl (C=O) groups is 2. The van der Waals surface area contributed by atoms with E-state index >= 15 is 0 Å². The average molecular weight is 255 g/mol. The molecule has 1 N–H and O–H groups in total. The van der Waals surface area contributed by atoms with E-state index in [4.69, 9.17) is 0 Å². The molecule has 0 unspecified atom stereocenters. The van der Waals surface area contributed by atoms with Gasteiger partial charge < -0.3 is 5.32 Å². The summed E-state index contributed by atoms with van der Waals surface area (Å²) in [7, 11) is 0. The molecule has 0 aliphatic heterocycles. The molecule has 0 saturated heterocycles. The van der Waals surface area contributed by atoms with Crippen LogP contribution in [0.3, 0.4) is 0 Å². The van der Waals surface area contributed by atoms with Crippen LogP contribution >= 0.6 is 11.8 Å². The third kappa shape index (κ3) is 4.99. The molecular formula is C12H14FNO2S. The van der Waals surface area contributed by atoms with E-state index in [1.54, 1.807) is 6.92 Å². The third-order valence-corrected chi connectivity index (χ3v) is 3.43. The van der Waals surface area contributed by atoms with Crippen molar-refractivity contribution in [3.8, 4) is 0 Å². The van der Waals surface area contributed by atoms with Gasteiger partial charge >= 0.3 is 0 Å². The van der Waals surface area contributed by atoms with Crippen LogP contribution in [0.25, 0.3) is 0 Å². The summed E-state index contributed by atoms with van der Waals surface area (Å²) in [5.41, 5.74) is 0.549. The number of rotatable bonds is 5. The lowest BCUT2D eigenvalue weighted by molar-refractivity contribution is -0.116. The van der Waals surface area contributed by atoms with E-state index in [1.807, 2.05) is 0 Å². The molecule has 0 fully saturated rings. The van der Waals surface area contributed by atoms with Crippen LogP contribution < -0.4 is 5.32 Å². The Hall–Kier alpha value is -1.36. The van der Waals surface area contributed by atoms with Crippen molar-refractivity contribution in [2.75, 3.05) is 11.1 Å². The van der Waals surface area contributed by atoms with Crippen LogP contribution in [0, 0.1) is 5.82 Å². The SMILES string of the molecule is CC(=O)[C@H](C)SCC(=O)Nc1ccc(F)cc1. The average Bonchev–Trinajstić information content (AvgIpc) is 2.29. The lowest BCUT2D eigenvalue weighted by Crippen LogP contribution is -2.18. The lowest BCUT2D eigenvalue weighted by Gasteiger charge is -2.08. The predicted molar refractivity (Wildman–Crippen MR) is 67.6 cm³/mol. The Morgan fingerprint density at radius 3 is 2.47 bits per heavy atom. The minimum atomic E-state index is -0.345. The maximum absolute atomic E-state index is 12.6. The topological polar surface area (TPSA) is 46.2 Å². The van der Waals surface area contributed by atoms with Crippen LogP contribution in [0.1, 0.15) is 13.8 Å². The number of Topliss-reactive ketones (excluding diaryl/α,β-unsaturated/α-hetero) is 1. The number of hydrogen-bond acceptors (Lipinski definition) is 3. The molecule has 1 rings (SSSR count). The van der Waals surface area contributed by atoms with E-state index < -0.39 is 0 Å². The maximum atomic E-state index is 12.6. The fourth-order valence-corrected chi connectivity index (χ4v) is 1.76. The molecule has 17 heavy (non-hydrogen) atoms. The van der Waals surface area contributed by atoms with Gasteiger partial charge in [0.15, 0.2) is 0 Å². The lowest BCUT2D eigenvalue weighted by atomic mass is 10.3. The highest BCUT2D eigenvalue weighted by molar-refractivity contribution is 8.01. The minimum absolute atomic E-state index is 0.0459. The molecular weight excluding hydrogens is 241 g/mol. The minimum Gasteiger partial charge on any atom is -0.325 e. The zero-order valence-electron chi connectivity index (χ0n) is 9.70. The van der Waals surface area contributed by atoms with Gasteiger partial charge in [0.25, 0.3) is 0 Å². The molecule has 1 atom stereocenters. The molecule has 5 heteroatoms. The molecule has 1 aromatic rings. The molecule has 0 radical (unpaired) electrons. The Morgan fingerprint density at radius 1 is 1.35 bits per heavy atom. The Morgan fingerprint density at radius 2 is 1.94 bits per heavy atom. The largest absolute Gasteiger partial charge is 0.325 e. The van der Waals surface area contributed by atoms with Gasteiger partial charge in [0.1, 0.15) is 11.6 Å². The van der Waals surface area contributed by atoms with Gasteiger partial charge in [-0.3, -0.25) is 9.59 Å². The normalized spacial score (nSPS) is 11.9. The highest BCUT2D eigenvalue weighted by Gasteiger charge is 2.10. The zero-order chi connectivity index (χ0) is 12.8. The fraction of sp³-hybridized carbons (Fsp3) is 0.333. The van der Waals surface area contributed by atoms with Crippen molar-refractivity contribution < 1.29 is 14.0 Å². The number of thioether (sulfide) groups is 1. The number of nitrogens with one attached hydrogen (secondary N) is 1. The highest BCUT2D eigenvalue weighted by Crippen LogP contribution is 2.13. The standard InChI is InChI=1S/C12H14FNO2S/c1-8(15)9(2)17-7-12(16)14-11-5-3-10(13)4-6-11/h3-6,9H,7H2,1-2H3,(H,14,16)/t9-/m0/s1. The number of ketones is 1. The van der Waals surface area contributed by atoms with E-state index in [1.165, 1.54) is 43.0 Å². The Balaban J connectivity index is 2.39. The van der Waals surface area contributed by atoms with Gasteiger partial charge in [0, 0.05) is 5.69 Å². The predicted octanol–water partition coefficient (Wildman–Crippen LogP) is 2.47. The number of halogens is 1. The van der Waals surface area contributed by atoms with Crippen molar-refractivity contribution in [3.05, 3.63) is 30.1 Å². The quantitative estimate of drug-likeness (QED) is 0.879. The first-order valence-corrected chi connectivity index (χ1v) is 6.21. The van der Waals surface area contributed by atoms with Gasteiger partial charge in [0.2, 0.25) is 5.91 Å². The van der Waals surface area contributed by atoms with Crippen LogP contribution in [-0.4, -0.2) is 22.7 Å². The van der Waals surface area contributed by atoms with Crippen molar-refractivity contribution >= 4 is 29.1 Å². The second-order valence-corrected chi connectivity index (χ2v) is 4.95. The van der Waals surface area contributed by atoms with E-state index in [-0.39, 0.29) is 28.5 Å². The Labute approximate surface area is 104 Å². The summed E-state index contributed by atoms with van der Waals surface area (Å²) >= 11 is 1.28. The number of amides is 1. The molecule has 0 aliphatic rings. The number of carbonyl (C=O) groups excluding carboxylic acids is 2. The fourth-order valence-electron chi connectivity index (χ4n) is 1.05. The molecule has 0 spiro atoms. The van der Waals surface area contributed by atoms with Crippen LogP contribution in [0.2, 0.25) is 0 Å². The molecule has 0 saturated carbocycles. The van der Waals surface area contributed by atoms with Crippen molar-refractivity contribution in [1.82, 2.24) is 0 Å². The highest BCUT2D eigenvalue weighted by atomic mass is 32.2. The second kappa shape index (κ2) is 6.39. The molecule has 1 amide bonds. The van der Waals surface area contributed by atoms with Gasteiger partial charge in [-0.25, -0.2) is 4.39 Å². The summed E-state index contributed by atoms with van der Waals surface area (Å²) < 4.78 is 12.6. The second-order valence-electron chi connectivity index (χ2n) is 3.62. The molecule has 0 aliphatic carbocycles. The Bertz CT molecular complexity index is 405. The van der Waals surface area contributed by atoms with Gasteiger partial charge in [0.05, 0.1) is 11.0 Å². The zero-order valence-corrected chi connectivity index (χ0v) is 10.5. The first kappa shape index (κ1) is 13.7. The molecule has 92 valence electrons. The monoisotopic (exact) mass is 255 g/mol. The van der Waals surface area contributed by atoms with Gasteiger partial charge in [-0.05, 0) is 38.1 Å². The van der Waals surface area contributed by atoms with Crippen LogP contribution in [0.5, 0.6) is 0 Å². The van der Waals surface area contributed by atoms with Crippen molar-refractivity contribution in [1.29, 1.82) is 0 Å². The van der Waals surface area contributed by atoms with E-state index in [0.29, 0.717) is 5.69 Å². The molecule has 3 nitrogen and oxygen atoms in total. The van der Waals surface area contributed by atoms with Crippen molar-refractivity contribution in [2.24, 2.45) is 0 Å². The molecule has 1 aromatic carbocycles. The summed E-state index contributed by atoms with van der Waals surface area (Å²) in [4.78, 5) is 22.4. The molecule has 0 aromatic heterocycles. The number of benzene rings is 1. The van der Waals surface area contributed by atoms with E-state index in [2.05, 4.69) is 5.32 Å². The molecule has 0 heterocycles. The summed E-state index contributed by atoms with van der Waals surface area (Å²) in [6, 6.07) is 5.54. The van der Waals surface area contributed by atoms with Crippen molar-refractivity contribution in [2.45, 2.75) is 19.1 Å². The van der Waals surface area contributed by atoms with Crippen molar-refractivity contribution in [3.63, 3.8) is 0 Å². The number of hydrogen-bond donors (Lipinski definition) is 1. The summed E-state index contributed by atoms with van der Waals surface area (Å²) in [5, 5.41) is 2.44. The van der Waals surface area contributed by atoms with Gasteiger partial charge in [-0.2, -0.15) is 0 Å². The summed E-state index contributed by atoms with van der Waals surface area (Å²) in [5.74, 6) is -0.292. The Kier molecular flexibility index (Phi) is 5.15. The first-order valence-electron chi connectivity index (χ1n) is 5.16.